The fourth-order valence-corrected chi connectivity index (χ4v) is 4.08. The highest BCUT2D eigenvalue weighted by molar-refractivity contribution is 5.88. The SMILES string of the molecule is O=C(NCc1ccccc1Cn1cncn1)C1(c2cccc(C(F)(F)F)c2)CCOCC1. The Bertz CT molecular complexity index is 1060. The third-order valence-electron chi connectivity index (χ3n) is 5.88. The fraction of sp³-hybridized carbons (Fsp3) is 0.348. The summed E-state index contributed by atoms with van der Waals surface area (Å²) >= 11 is 0. The summed E-state index contributed by atoms with van der Waals surface area (Å²) in [5, 5.41) is 7.08. The van der Waals surface area contributed by atoms with Crippen molar-refractivity contribution in [3.8, 4) is 0 Å². The molecule has 0 unspecified atom stereocenters. The van der Waals surface area contributed by atoms with E-state index < -0.39 is 17.2 Å². The first kappa shape index (κ1) is 22.0. The maximum Gasteiger partial charge on any atom is 0.416 e. The molecule has 0 spiro atoms. The molecule has 1 N–H and O–H groups in total. The van der Waals surface area contributed by atoms with Crippen molar-refractivity contribution in [2.45, 2.75) is 37.5 Å². The van der Waals surface area contributed by atoms with Gasteiger partial charge in [-0.25, -0.2) is 9.67 Å². The summed E-state index contributed by atoms with van der Waals surface area (Å²) in [6, 6.07) is 12.7. The lowest BCUT2D eigenvalue weighted by atomic mass is 9.73. The average Bonchev–Trinajstić information content (AvgIpc) is 3.31. The van der Waals surface area contributed by atoms with Crippen molar-refractivity contribution < 1.29 is 22.7 Å². The molecule has 0 radical (unpaired) electrons. The highest BCUT2D eigenvalue weighted by Gasteiger charge is 2.43. The lowest BCUT2D eigenvalue weighted by Crippen LogP contribution is -2.48. The summed E-state index contributed by atoms with van der Waals surface area (Å²) in [5.74, 6) is -0.296. The van der Waals surface area contributed by atoms with Gasteiger partial charge >= 0.3 is 6.18 Å². The molecule has 1 aliphatic rings. The van der Waals surface area contributed by atoms with Gasteiger partial charge in [0.25, 0.3) is 0 Å². The van der Waals surface area contributed by atoms with Crippen molar-refractivity contribution in [3.63, 3.8) is 0 Å². The van der Waals surface area contributed by atoms with E-state index in [9.17, 15) is 18.0 Å². The summed E-state index contributed by atoms with van der Waals surface area (Å²) in [6.07, 6.45) is -0.769. The highest BCUT2D eigenvalue weighted by Crippen LogP contribution is 2.38. The minimum Gasteiger partial charge on any atom is -0.381 e. The van der Waals surface area contributed by atoms with Gasteiger partial charge in [-0.2, -0.15) is 18.3 Å². The summed E-state index contributed by atoms with van der Waals surface area (Å²) in [7, 11) is 0. The largest absolute Gasteiger partial charge is 0.416 e. The van der Waals surface area contributed by atoms with Crippen LogP contribution in [0.25, 0.3) is 0 Å². The molecular weight excluding hydrogens is 421 g/mol. The minimum absolute atomic E-state index is 0.255. The van der Waals surface area contributed by atoms with E-state index in [1.165, 1.54) is 12.4 Å². The van der Waals surface area contributed by atoms with Crippen molar-refractivity contribution in [2.75, 3.05) is 13.2 Å². The van der Waals surface area contributed by atoms with Crippen molar-refractivity contribution >= 4 is 5.91 Å². The molecule has 32 heavy (non-hydrogen) atoms. The number of nitrogens with zero attached hydrogens (tertiary/aromatic N) is 3. The van der Waals surface area contributed by atoms with Gasteiger partial charge in [0.05, 0.1) is 17.5 Å². The molecule has 1 saturated heterocycles. The molecule has 168 valence electrons. The number of benzene rings is 2. The molecule has 9 heteroatoms. The Hall–Kier alpha value is -3.20. The lowest BCUT2D eigenvalue weighted by Gasteiger charge is -2.36. The van der Waals surface area contributed by atoms with Crippen LogP contribution in [0.2, 0.25) is 0 Å². The number of carbonyl (C=O) groups excluding carboxylic acids is 1. The van der Waals surface area contributed by atoms with Gasteiger partial charge in [-0.3, -0.25) is 4.79 Å². The van der Waals surface area contributed by atoms with Gasteiger partial charge in [0, 0.05) is 19.8 Å². The third-order valence-corrected chi connectivity index (χ3v) is 5.88. The number of hydrogen-bond acceptors (Lipinski definition) is 4. The number of carbonyl (C=O) groups is 1. The molecule has 0 bridgehead atoms. The number of aromatic nitrogens is 3. The van der Waals surface area contributed by atoms with Crippen molar-refractivity contribution in [2.24, 2.45) is 0 Å². The van der Waals surface area contributed by atoms with Crippen LogP contribution in [0.1, 0.15) is 35.1 Å². The summed E-state index contributed by atoms with van der Waals surface area (Å²) < 4.78 is 47.0. The summed E-state index contributed by atoms with van der Waals surface area (Å²) in [4.78, 5) is 17.3. The summed E-state index contributed by atoms with van der Waals surface area (Å²) in [5.41, 5.74) is 0.414. The van der Waals surface area contributed by atoms with Crippen LogP contribution in [0.4, 0.5) is 13.2 Å². The van der Waals surface area contributed by atoms with Crippen LogP contribution in [0, 0.1) is 0 Å². The zero-order chi connectivity index (χ0) is 22.6. The van der Waals surface area contributed by atoms with Gasteiger partial charge in [-0.1, -0.05) is 42.5 Å². The predicted octanol–water partition coefficient (Wildman–Crippen LogP) is 3.71. The van der Waals surface area contributed by atoms with Gasteiger partial charge in [0.2, 0.25) is 5.91 Å². The maximum atomic E-state index is 13.4. The Kier molecular flexibility index (Phi) is 6.27. The standard InChI is InChI=1S/C23H23F3N4O2/c24-23(25,26)20-7-3-6-19(12-20)22(8-10-32-11-9-22)21(31)28-13-17-4-1-2-5-18(17)14-30-16-27-15-29-30/h1-7,12,15-16H,8-11,13-14H2,(H,28,31). The van der Waals surface area contributed by atoms with E-state index in [0.717, 1.165) is 23.3 Å². The van der Waals surface area contributed by atoms with Crippen LogP contribution in [-0.4, -0.2) is 33.9 Å². The van der Waals surface area contributed by atoms with Gasteiger partial charge in [0.1, 0.15) is 12.7 Å². The number of halogens is 3. The Labute approximate surface area is 183 Å². The Balaban J connectivity index is 1.57. The van der Waals surface area contributed by atoms with E-state index in [1.54, 1.807) is 17.1 Å². The Morgan fingerprint density at radius 2 is 1.84 bits per heavy atom. The molecular formula is C23H23F3N4O2. The Morgan fingerprint density at radius 1 is 1.09 bits per heavy atom. The molecule has 6 nitrogen and oxygen atoms in total. The molecule has 4 rings (SSSR count). The van der Waals surface area contributed by atoms with E-state index in [2.05, 4.69) is 15.4 Å². The van der Waals surface area contributed by atoms with Gasteiger partial charge in [0.15, 0.2) is 0 Å². The first-order chi connectivity index (χ1) is 15.4. The number of amides is 1. The number of rotatable bonds is 6. The molecule has 2 heterocycles. The topological polar surface area (TPSA) is 69.0 Å². The second-order valence-corrected chi connectivity index (χ2v) is 7.82. The van der Waals surface area contributed by atoms with E-state index in [4.69, 9.17) is 4.74 Å². The monoisotopic (exact) mass is 444 g/mol. The molecule has 1 aliphatic heterocycles. The molecule has 0 saturated carbocycles. The second-order valence-electron chi connectivity index (χ2n) is 7.82. The van der Waals surface area contributed by atoms with Crippen molar-refractivity contribution in [1.82, 2.24) is 20.1 Å². The van der Waals surface area contributed by atoms with E-state index in [-0.39, 0.29) is 12.5 Å². The lowest BCUT2D eigenvalue weighted by molar-refractivity contribution is -0.138. The van der Waals surface area contributed by atoms with E-state index in [1.807, 2.05) is 24.3 Å². The summed E-state index contributed by atoms with van der Waals surface area (Å²) in [6.45, 7) is 1.38. The molecule has 1 amide bonds. The van der Waals surface area contributed by atoms with Gasteiger partial charge < -0.3 is 10.1 Å². The second kappa shape index (κ2) is 9.12. The van der Waals surface area contributed by atoms with Crippen molar-refractivity contribution in [1.29, 1.82) is 0 Å². The molecule has 1 aromatic heterocycles. The number of hydrogen-bond donors (Lipinski definition) is 1. The van der Waals surface area contributed by atoms with E-state index >= 15 is 0 Å². The smallest absolute Gasteiger partial charge is 0.381 e. The van der Waals surface area contributed by atoms with Crippen LogP contribution in [-0.2, 0) is 34.2 Å². The zero-order valence-corrected chi connectivity index (χ0v) is 17.3. The van der Waals surface area contributed by atoms with Gasteiger partial charge in [-0.05, 0) is 35.6 Å². The minimum atomic E-state index is -4.47. The van der Waals surface area contributed by atoms with Crippen LogP contribution in [0.15, 0.2) is 61.2 Å². The molecule has 0 atom stereocenters. The Morgan fingerprint density at radius 3 is 2.53 bits per heavy atom. The predicted molar refractivity (Wildman–Crippen MR) is 111 cm³/mol. The van der Waals surface area contributed by atoms with Crippen molar-refractivity contribution in [3.05, 3.63) is 83.4 Å². The van der Waals surface area contributed by atoms with Crippen LogP contribution >= 0.6 is 0 Å². The van der Waals surface area contributed by atoms with Crippen LogP contribution in [0.3, 0.4) is 0 Å². The first-order valence-electron chi connectivity index (χ1n) is 10.3. The quantitative estimate of drug-likeness (QED) is 0.630. The maximum absolute atomic E-state index is 13.4. The normalized spacial score (nSPS) is 16.0. The van der Waals surface area contributed by atoms with Gasteiger partial charge in [-0.15, -0.1) is 0 Å². The molecule has 0 aliphatic carbocycles. The number of alkyl halides is 3. The number of nitrogens with one attached hydrogen (secondary N) is 1. The fourth-order valence-electron chi connectivity index (χ4n) is 4.08. The van der Waals surface area contributed by atoms with Crippen LogP contribution < -0.4 is 5.32 Å². The zero-order valence-electron chi connectivity index (χ0n) is 17.3. The molecule has 2 aromatic carbocycles. The first-order valence-corrected chi connectivity index (χ1v) is 10.3. The highest BCUT2D eigenvalue weighted by atomic mass is 19.4. The molecule has 1 fully saturated rings. The molecule has 3 aromatic rings. The van der Waals surface area contributed by atoms with E-state index in [0.29, 0.717) is 38.2 Å². The van der Waals surface area contributed by atoms with Crippen LogP contribution in [0.5, 0.6) is 0 Å². The number of ether oxygens (including phenoxy) is 1. The third kappa shape index (κ3) is 4.67. The average molecular weight is 444 g/mol.